The second-order valence-electron chi connectivity index (χ2n) is 9.08. The highest BCUT2D eigenvalue weighted by atomic mass is 16.1. The predicted molar refractivity (Wildman–Crippen MR) is 99.6 cm³/mol. The van der Waals surface area contributed by atoms with Crippen molar-refractivity contribution in [2.75, 3.05) is 6.54 Å². The molecule has 1 saturated heterocycles. The predicted octanol–water partition coefficient (Wildman–Crippen LogP) is 3.64. The second-order valence-corrected chi connectivity index (χ2v) is 9.08. The summed E-state index contributed by atoms with van der Waals surface area (Å²) in [7, 11) is 0. The lowest BCUT2D eigenvalue weighted by Gasteiger charge is -2.60. The molecule has 134 valence electrons. The van der Waals surface area contributed by atoms with Crippen LogP contribution in [-0.2, 0) is 11.8 Å². The quantitative estimate of drug-likeness (QED) is 0.914. The number of fused-ring (bicyclic) bond motifs is 1. The van der Waals surface area contributed by atoms with Gasteiger partial charge in [-0.1, -0.05) is 18.9 Å². The van der Waals surface area contributed by atoms with Crippen molar-refractivity contribution in [3.63, 3.8) is 0 Å². The van der Waals surface area contributed by atoms with Crippen LogP contribution in [0.2, 0.25) is 0 Å². The molecule has 3 fully saturated rings. The third-order valence-electron chi connectivity index (χ3n) is 7.99. The molecule has 4 aliphatic rings. The lowest BCUT2D eigenvalue weighted by atomic mass is 9.52. The van der Waals surface area contributed by atoms with Gasteiger partial charge in [0.05, 0.1) is 0 Å². The summed E-state index contributed by atoms with van der Waals surface area (Å²) in [5.74, 6) is 1.43. The molecule has 3 nitrogen and oxygen atoms in total. The normalized spacial score (nSPS) is 35.6. The Bertz CT molecular complexity index is 710. The summed E-state index contributed by atoms with van der Waals surface area (Å²) in [6, 6.07) is 7.77. The van der Waals surface area contributed by atoms with Gasteiger partial charge >= 0.3 is 0 Å². The van der Waals surface area contributed by atoms with Gasteiger partial charge in [0.15, 0.2) is 0 Å². The average Bonchev–Trinajstić information content (AvgIpc) is 3.46. The molecule has 25 heavy (non-hydrogen) atoms. The van der Waals surface area contributed by atoms with Crippen LogP contribution in [0.3, 0.4) is 0 Å². The topological polar surface area (TPSA) is 46.3 Å². The molecule has 2 bridgehead atoms. The van der Waals surface area contributed by atoms with E-state index in [9.17, 15) is 4.79 Å². The fourth-order valence-corrected chi connectivity index (χ4v) is 6.54. The molecule has 3 heteroatoms. The standard InChI is InChI=1S/C22H30N2O/c1-14(15-5-6-15)24-11-10-22-9-3-2-4-18(22)20(24)13-16-7-8-17(21(23)25)12-19(16)22/h7-8,12,14-15,18,20H,2-6,9-11,13H2,1H3,(H2,23,25)/t14-,18+,20?,22?/m1/s1. The summed E-state index contributed by atoms with van der Waals surface area (Å²) < 4.78 is 0. The maximum Gasteiger partial charge on any atom is 0.248 e. The van der Waals surface area contributed by atoms with E-state index in [2.05, 4.69) is 24.0 Å². The number of carbonyl (C=O) groups is 1. The van der Waals surface area contributed by atoms with Crippen LogP contribution in [0, 0.1) is 11.8 Å². The van der Waals surface area contributed by atoms with Crippen molar-refractivity contribution >= 4 is 5.91 Å². The molecule has 2 N–H and O–H groups in total. The summed E-state index contributed by atoms with van der Waals surface area (Å²) in [6.07, 6.45) is 10.7. The number of carbonyl (C=O) groups excluding carboxylic acids is 1. The smallest absolute Gasteiger partial charge is 0.248 e. The molecule has 0 spiro atoms. The first-order chi connectivity index (χ1) is 12.1. The molecule has 0 aromatic heterocycles. The number of hydrogen-bond donors (Lipinski definition) is 1. The van der Waals surface area contributed by atoms with Crippen molar-refractivity contribution in [1.29, 1.82) is 0 Å². The molecule has 1 aromatic carbocycles. The summed E-state index contributed by atoms with van der Waals surface area (Å²) in [5, 5.41) is 0. The van der Waals surface area contributed by atoms with Crippen molar-refractivity contribution in [3.05, 3.63) is 34.9 Å². The summed E-state index contributed by atoms with van der Waals surface area (Å²) in [6.45, 7) is 3.71. The van der Waals surface area contributed by atoms with E-state index >= 15 is 0 Å². The van der Waals surface area contributed by atoms with Crippen LogP contribution < -0.4 is 5.73 Å². The Morgan fingerprint density at radius 3 is 2.84 bits per heavy atom. The number of hydrogen-bond acceptors (Lipinski definition) is 2. The van der Waals surface area contributed by atoms with Crippen molar-refractivity contribution in [3.8, 4) is 0 Å². The number of likely N-dealkylation sites (tertiary alicyclic amines) is 1. The van der Waals surface area contributed by atoms with E-state index in [1.807, 2.05) is 6.07 Å². The zero-order valence-corrected chi connectivity index (χ0v) is 15.3. The van der Waals surface area contributed by atoms with E-state index in [1.165, 1.54) is 62.6 Å². The van der Waals surface area contributed by atoms with Gasteiger partial charge < -0.3 is 5.73 Å². The van der Waals surface area contributed by atoms with Gasteiger partial charge in [-0.2, -0.15) is 0 Å². The van der Waals surface area contributed by atoms with Crippen molar-refractivity contribution < 1.29 is 4.79 Å². The lowest BCUT2D eigenvalue weighted by molar-refractivity contribution is -0.0343. The maximum atomic E-state index is 11.8. The Kier molecular flexibility index (Phi) is 3.54. The molecule has 2 unspecified atom stereocenters. The van der Waals surface area contributed by atoms with Gasteiger partial charge in [0.25, 0.3) is 0 Å². The largest absolute Gasteiger partial charge is 0.366 e. The molecule has 4 atom stereocenters. The molecule has 1 aliphatic heterocycles. The van der Waals surface area contributed by atoms with Crippen molar-refractivity contribution in [2.24, 2.45) is 17.6 Å². The molecular formula is C22H30N2O. The molecule has 3 aliphatic carbocycles. The van der Waals surface area contributed by atoms with Crippen LogP contribution in [0.25, 0.3) is 0 Å². The first-order valence-corrected chi connectivity index (χ1v) is 10.3. The number of amides is 1. The second kappa shape index (κ2) is 5.57. The number of primary amides is 1. The van der Waals surface area contributed by atoms with Crippen LogP contribution in [-0.4, -0.2) is 29.4 Å². The number of benzene rings is 1. The van der Waals surface area contributed by atoms with Crippen LogP contribution >= 0.6 is 0 Å². The third kappa shape index (κ3) is 2.31. The molecule has 2 saturated carbocycles. The van der Waals surface area contributed by atoms with Gasteiger partial charge in [-0.15, -0.1) is 0 Å². The molecule has 1 aromatic rings. The fourth-order valence-electron chi connectivity index (χ4n) is 6.54. The zero-order chi connectivity index (χ0) is 17.2. The van der Waals surface area contributed by atoms with Crippen molar-refractivity contribution in [2.45, 2.75) is 75.8 Å². The highest BCUT2D eigenvalue weighted by molar-refractivity contribution is 5.93. The first kappa shape index (κ1) is 15.9. The van der Waals surface area contributed by atoms with E-state index in [0.29, 0.717) is 17.0 Å². The van der Waals surface area contributed by atoms with E-state index in [-0.39, 0.29) is 5.91 Å². The van der Waals surface area contributed by atoms with Crippen LogP contribution in [0.5, 0.6) is 0 Å². The number of rotatable bonds is 3. The van der Waals surface area contributed by atoms with E-state index in [0.717, 1.165) is 24.3 Å². The molecule has 5 rings (SSSR count). The fraction of sp³-hybridized carbons (Fsp3) is 0.682. The maximum absolute atomic E-state index is 11.8. The van der Waals surface area contributed by atoms with Crippen LogP contribution in [0.4, 0.5) is 0 Å². The number of piperidine rings is 1. The summed E-state index contributed by atoms with van der Waals surface area (Å²) in [4.78, 5) is 14.6. The minimum absolute atomic E-state index is 0.284. The van der Waals surface area contributed by atoms with E-state index < -0.39 is 0 Å². The van der Waals surface area contributed by atoms with Crippen molar-refractivity contribution in [1.82, 2.24) is 4.90 Å². The van der Waals surface area contributed by atoms with Gasteiger partial charge in [-0.05, 0) is 87.1 Å². The van der Waals surface area contributed by atoms with Gasteiger partial charge in [-0.25, -0.2) is 0 Å². The van der Waals surface area contributed by atoms with Gasteiger partial charge in [-0.3, -0.25) is 9.69 Å². The summed E-state index contributed by atoms with van der Waals surface area (Å²) in [5.41, 5.74) is 9.56. The Morgan fingerprint density at radius 1 is 1.24 bits per heavy atom. The van der Waals surface area contributed by atoms with Crippen LogP contribution in [0.15, 0.2) is 18.2 Å². The Balaban J connectivity index is 1.59. The first-order valence-electron chi connectivity index (χ1n) is 10.3. The average molecular weight is 338 g/mol. The lowest BCUT2D eigenvalue weighted by Crippen LogP contribution is -2.63. The number of nitrogens with zero attached hydrogens (tertiary/aromatic N) is 1. The molecule has 1 amide bonds. The summed E-state index contributed by atoms with van der Waals surface area (Å²) >= 11 is 0. The SMILES string of the molecule is C[C@H](C1CC1)N1CCC23CCCC[C@H]2C1Cc1ccc(C(N)=O)cc13. The highest BCUT2D eigenvalue weighted by Crippen LogP contribution is 2.56. The zero-order valence-electron chi connectivity index (χ0n) is 15.3. The number of nitrogens with two attached hydrogens (primary N) is 1. The van der Waals surface area contributed by atoms with E-state index in [1.54, 1.807) is 0 Å². The van der Waals surface area contributed by atoms with E-state index in [4.69, 9.17) is 5.73 Å². The minimum Gasteiger partial charge on any atom is -0.366 e. The highest BCUT2D eigenvalue weighted by Gasteiger charge is 2.55. The van der Waals surface area contributed by atoms with Gasteiger partial charge in [0.2, 0.25) is 5.91 Å². The monoisotopic (exact) mass is 338 g/mol. The molecule has 0 radical (unpaired) electrons. The molecular weight excluding hydrogens is 308 g/mol. The van der Waals surface area contributed by atoms with Crippen LogP contribution in [0.1, 0.15) is 73.4 Å². The Hall–Kier alpha value is -1.35. The van der Waals surface area contributed by atoms with Gasteiger partial charge in [0.1, 0.15) is 0 Å². The van der Waals surface area contributed by atoms with Gasteiger partial charge in [0, 0.05) is 23.1 Å². The molecule has 1 heterocycles. The Morgan fingerprint density at radius 2 is 2.08 bits per heavy atom. The minimum atomic E-state index is -0.284. The Labute approximate surface area is 151 Å². The third-order valence-corrected chi connectivity index (χ3v) is 7.99.